The lowest BCUT2D eigenvalue weighted by Gasteiger charge is -2.29. The predicted octanol–water partition coefficient (Wildman–Crippen LogP) is 3.46. The molecule has 0 fully saturated rings. The van der Waals surface area contributed by atoms with Crippen LogP contribution < -0.4 is 10.9 Å². The highest BCUT2D eigenvalue weighted by atomic mass is 19.4. The predicted molar refractivity (Wildman–Crippen MR) is 88.6 cm³/mol. The van der Waals surface area contributed by atoms with Gasteiger partial charge >= 0.3 is 23.9 Å². The van der Waals surface area contributed by atoms with Gasteiger partial charge in [0.05, 0.1) is 5.69 Å². The van der Waals surface area contributed by atoms with Gasteiger partial charge in [-0.3, -0.25) is 4.79 Å². The Hall–Kier alpha value is -3.21. The molecule has 0 radical (unpaired) electrons. The monoisotopic (exact) mass is 406 g/mol. The van der Waals surface area contributed by atoms with E-state index in [-0.39, 0.29) is 0 Å². The van der Waals surface area contributed by atoms with Crippen molar-refractivity contribution in [3.8, 4) is 0 Å². The molecule has 152 valence electrons. The minimum absolute atomic E-state index is 0.625. The summed E-state index contributed by atoms with van der Waals surface area (Å²) in [5.41, 5.74) is 5.11. The lowest BCUT2D eigenvalue weighted by atomic mass is 10.1. The first-order valence-corrected chi connectivity index (χ1v) is 7.46. The fraction of sp³-hybridized carbons (Fsp3) is 0.176. The Labute approximate surface area is 155 Å². The van der Waals surface area contributed by atoms with Gasteiger partial charge in [0.15, 0.2) is 0 Å². The van der Waals surface area contributed by atoms with Crippen LogP contribution in [0.3, 0.4) is 0 Å². The van der Waals surface area contributed by atoms with Crippen molar-refractivity contribution >= 4 is 17.6 Å². The molecule has 4 N–H and O–H groups in total. The van der Waals surface area contributed by atoms with Crippen molar-refractivity contribution in [2.24, 2.45) is 5.73 Å². The standard InChI is InChI=1S/C9H6F5NO2.C8H9NO2/c10-8(7(16)17,9(11,12)13)15(14)6-4-2-1-3-5-6;9-7(8(10)11)6-4-2-1-3-5-6/h1-5H,(H,16,17);1-5,7H,9H2,(H,10,11)/t8-;/m1./s1. The Kier molecular flexibility index (Phi) is 7.44. The van der Waals surface area contributed by atoms with Gasteiger partial charge in [-0.25, -0.2) is 4.79 Å². The van der Waals surface area contributed by atoms with E-state index in [1.807, 2.05) is 6.07 Å². The summed E-state index contributed by atoms with van der Waals surface area (Å²) in [5, 5.41) is 15.3. The third kappa shape index (κ3) is 5.16. The van der Waals surface area contributed by atoms with E-state index in [1.54, 1.807) is 24.3 Å². The molecule has 0 saturated carbocycles. The van der Waals surface area contributed by atoms with Gasteiger partial charge in [-0.05, 0) is 17.7 Å². The summed E-state index contributed by atoms with van der Waals surface area (Å²) in [4.78, 5) is 20.7. The quantitative estimate of drug-likeness (QED) is 0.399. The van der Waals surface area contributed by atoms with Crippen LogP contribution in [0.15, 0.2) is 60.7 Å². The summed E-state index contributed by atoms with van der Waals surface area (Å²) in [6.07, 6.45) is -5.91. The van der Waals surface area contributed by atoms with Crippen LogP contribution in [0.2, 0.25) is 0 Å². The van der Waals surface area contributed by atoms with E-state index < -0.39 is 40.8 Å². The molecule has 0 amide bonds. The molecule has 0 saturated heterocycles. The van der Waals surface area contributed by atoms with Crippen LogP contribution in [0.4, 0.5) is 27.7 Å². The van der Waals surface area contributed by atoms with E-state index in [4.69, 9.17) is 15.9 Å². The second kappa shape index (κ2) is 9.13. The fourth-order valence-corrected chi connectivity index (χ4v) is 1.86. The third-order valence-electron chi connectivity index (χ3n) is 3.34. The van der Waals surface area contributed by atoms with Gasteiger partial charge in [0.25, 0.3) is 0 Å². The zero-order valence-corrected chi connectivity index (χ0v) is 14.0. The third-order valence-corrected chi connectivity index (χ3v) is 3.34. The van der Waals surface area contributed by atoms with Gasteiger partial charge < -0.3 is 15.9 Å². The van der Waals surface area contributed by atoms with Crippen LogP contribution in [-0.2, 0) is 9.59 Å². The average molecular weight is 406 g/mol. The number of aliphatic carboxylic acids is 2. The zero-order chi connectivity index (χ0) is 21.5. The summed E-state index contributed by atoms with van der Waals surface area (Å²) < 4.78 is 63.4. The van der Waals surface area contributed by atoms with Crippen LogP contribution in [0.1, 0.15) is 11.6 Å². The first-order valence-electron chi connectivity index (χ1n) is 7.46. The molecule has 6 nitrogen and oxygen atoms in total. The van der Waals surface area contributed by atoms with Crippen molar-refractivity contribution in [1.82, 2.24) is 0 Å². The van der Waals surface area contributed by atoms with Gasteiger partial charge in [0, 0.05) is 0 Å². The number of carboxylic acid groups (broad SMARTS) is 2. The summed E-state index contributed by atoms with van der Waals surface area (Å²) in [6, 6.07) is 13.1. The van der Waals surface area contributed by atoms with Crippen molar-refractivity contribution in [2.75, 3.05) is 5.12 Å². The lowest BCUT2D eigenvalue weighted by Crippen LogP contribution is -2.58. The number of halogens is 5. The summed E-state index contributed by atoms with van der Waals surface area (Å²) in [7, 11) is 0. The van der Waals surface area contributed by atoms with Gasteiger partial charge in [-0.15, -0.1) is 0 Å². The molecule has 0 aliphatic carbocycles. The molecule has 2 aromatic rings. The van der Waals surface area contributed by atoms with E-state index in [1.165, 1.54) is 6.07 Å². The number of alkyl halides is 4. The van der Waals surface area contributed by atoms with Gasteiger partial charge in [0.2, 0.25) is 0 Å². The molecule has 0 aromatic heterocycles. The molecule has 0 heterocycles. The van der Waals surface area contributed by atoms with Crippen molar-refractivity contribution in [2.45, 2.75) is 18.0 Å². The summed E-state index contributed by atoms with van der Waals surface area (Å²) in [5.74, 6) is -9.10. The molecule has 2 atom stereocenters. The molecule has 0 bridgehead atoms. The van der Waals surface area contributed by atoms with Gasteiger partial charge in [-0.2, -0.15) is 22.7 Å². The highest BCUT2D eigenvalue weighted by Crippen LogP contribution is 2.40. The molecule has 2 rings (SSSR count). The van der Waals surface area contributed by atoms with Crippen LogP contribution >= 0.6 is 0 Å². The summed E-state index contributed by atoms with van der Waals surface area (Å²) >= 11 is 0. The lowest BCUT2D eigenvalue weighted by molar-refractivity contribution is -0.244. The van der Waals surface area contributed by atoms with Crippen molar-refractivity contribution < 1.29 is 41.8 Å². The van der Waals surface area contributed by atoms with E-state index in [0.717, 1.165) is 24.3 Å². The second-order valence-electron chi connectivity index (χ2n) is 5.27. The summed E-state index contributed by atoms with van der Waals surface area (Å²) in [6.45, 7) is 0. The Morgan fingerprint density at radius 3 is 1.68 bits per heavy atom. The normalized spacial score (nSPS) is 14.1. The number of nitrogens with zero attached hydrogens (tertiary/aromatic N) is 1. The maximum absolute atomic E-state index is 13.3. The minimum Gasteiger partial charge on any atom is -0.480 e. The Morgan fingerprint density at radius 1 is 0.893 bits per heavy atom. The number of benzene rings is 2. The molecule has 0 aliphatic heterocycles. The molecule has 28 heavy (non-hydrogen) atoms. The number of rotatable bonds is 5. The first-order chi connectivity index (χ1) is 12.9. The van der Waals surface area contributed by atoms with Crippen LogP contribution in [0.25, 0.3) is 0 Å². The largest absolute Gasteiger partial charge is 0.480 e. The number of hydrogen-bond acceptors (Lipinski definition) is 4. The highest BCUT2D eigenvalue weighted by Gasteiger charge is 2.68. The molecule has 0 aliphatic rings. The molecule has 2 aromatic carbocycles. The highest BCUT2D eigenvalue weighted by molar-refractivity contribution is 5.82. The van der Waals surface area contributed by atoms with Crippen molar-refractivity contribution in [1.29, 1.82) is 0 Å². The van der Waals surface area contributed by atoms with Crippen molar-refractivity contribution in [3.63, 3.8) is 0 Å². The van der Waals surface area contributed by atoms with E-state index in [0.29, 0.717) is 5.56 Å². The number of nitrogens with two attached hydrogens (primary N) is 1. The molecule has 1 unspecified atom stereocenters. The molecular formula is C17H15F5N2O4. The Balaban J connectivity index is 0.000000307. The number of anilines is 1. The van der Waals surface area contributed by atoms with Crippen LogP contribution in [0, 0.1) is 0 Å². The van der Waals surface area contributed by atoms with E-state index >= 15 is 0 Å². The van der Waals surface area contributed by atoms with Crippen LogP contribution in [0.5, 0.6) is 0 Å². The number of para-hydroxylation sites is 1. The fourth-order valence-electron chi connectivity index (χ4n) is 1.86. The topological polar surface area (TPSA) is 104 Å². The number of carboxylic acids is 2. The Morgan fingerprint density at radius 2 is 1.32 bits per heavy atom. The van der Waals surface area contributed by atoms with Crippen molar-refractivity contribution in [3.05, 3.63) is 66.2 Å². The minimum atomic E-state index is -5.91. The molecular weight excluding hydrogens is 391 g/mol. The molecule has 11 heteroatoms. The Bertz CT molecular complexity index is 789. The number of carbonyl (C=O) groups is 2. The maximum Gasteiger partial charge on any atom is 0.456 e. The van der Waals surface area contributed by atoms with E-state index in [9.17, 15) is 31.6 Å². The van der Waals surface area contributed by atoms with Gasteiger partial charge in [-0.1, -0.05) is 53.0 Å². The SMILES string of the molecule is NC(C(=O)O)c1ccccc1.O=C(O)[C@@](F)(N(F)c1ccccc1)C(F)(F)F. The second-order valence-corrected chi connectivity index (χ2v) is 5.27. The molecule has 0 spiro atoms. The number of hydrogen-bond donors (Lipinski definition) is 3. The van der Waals surface area contributed by atoms with Crippen LogP contribution in [-0.4, -0.2) is 34.1 Å². The smallest absolute Gasteiger partial charge is 0.456 e. The average Bonchev–Trinajstić information content (AvgIpc) is 2.66. The van der Waals surface area contributed by atoms with E-state index in [2.05, 4.69) is 0 Å². The van der Waals surface area contributed by atoms with Gasteiger partial charge in [0.1, 0.15) is 6.04 Å². The first kappa shape index (κ1) is 22.8. The maximum atomic E-state index is 13.3. The zero-order valence-electron chi connectivity index (χ0n) is 14.0.